The van der Waals surface area contributed by atoms with Crippen LogP contribution in [-0.4, -0.2) is 50.3 Å². The van der Waals surface area contributed by atoms with Crippen molar-refractivity contribution in [3.05, 3.63) is 35.7 Å². The zero-order chi connectivity index (χ0) is 14.1. The molecule has 1 amide bonds. The van der Waals surface area contributed by atoms with Gasteiger partial charge in [-0.1, -0.05) is 0 Å². The van der Waals surface area contributed by atoms with Crippen LogP contribution in [0.15, 0.2) is 18.6 Å². The highest BCUT2D eigenvalue weighted by atomic mass is 16.5. The molecule has 7 nitrogen and oxygen atoms in total. The molecule has 0 unspecified atom stereocenters. The van der Waals surface area contributed by atoms with E-state index in [4.69, 9.17) is 4.74 Å². The van der Waals surface area contributed by atoms with Crippen molar-refractivity contribution in [1.29, 1.82) is 0 Å². The number of aromatic amines is 1. The molecule has 0 aromatic carbocycles. The van der Waals surface area contributed by atoms with Crippen LogP contribution in [0.1, 0.15) is 28.0 Å². The van der Waals surface area contributed by atoms with E-state index in [2.05, 4.69) is 15.1 Å². The van der Waals surface area contributed by atoms with Gasteiger partial charge in [-0.25, -0.2) is 4.98 Å². The molecule has 1 aliphatic rings. The standard InChI is InChI=1S/C13H17N5O2/c1-9-5-14-12(16-9)11-8-18(3-4-20-11)13(19)10-6-15-17(2)7-10/h5-7,11H,3-4,8H2,1-2H3,(H,14,16)/t11-/m0/s1. The molecule has 0 bridgehead atoms. The molecule has 1 aliphatic heterocycles. The van der Waals surface area contributed by atoms with E-state index in [1.807, 2.05) is 6.92 Å². The third-order valence-corrected chi connectivity index (χ3v) is 3.33. The quantitative estimate of drug-likeness (QED) is 0.873. The number of H-pyrrole nitrogens is 1. The molecule has 0 spiro atoms. The number of hydrogen-bond acceptors (Lipinski definition) is 4. The fourth-order valence-electron chi connectivity index (χ4n) is 2.31. The molecule has 1 fully saturated rings. The minimum absolute atomic E-state index is 0.0188. The Labute approximate surface area is 116 Å². The van der Waals surface area contributed by atoms with Crippen LogP contribution in [0, 0.1) is 6.92 Å². The lowest BCUT2D eigenvalue weighted by atomic mass is 10.2. The summed E-state index contributed by atoms with van der Waals surface area (Å²) in [7, 11) is 1.80. The molecule has 3 rings (SSSR count). The Morgan fingerprint density at radius 2 is 2.35 bits per heavy atom. The predicted octanol–water partition coefficient (Wildman–Crippen LogP) is 0.665. The van der Waals surface area contributed by atoms with Crippen LogP contribution in [0.2, 0.25) is 0 Å². The van der Waals surface area contributed by atoms with Gasteiger partial charge >= 0.3 is 0 Å². The molecule has 0 radical (unpaired) electrons. The van der Waals surface area contributed by atoms with Gasteiger partial charge in [0.1, 0.15) is 11.9 Å². The van der Waals surface area contributed by atoms with E-state index in [9.17, 15) is 4.79 Å². The molecule has 1 N–H and O–H groups in total. The van der Waals surface area contributed by atoms with Crippen LogP contribution >= 0.6 is 0 Å². The first kappa shape index (κ1) is 12.9. The molecule has 1 atom stereocenters. The number of aryl methyl sites for hydroxylation is 2. The zero-order valence-electron chi connectivity index (χ0n) is 11.5. The summed E-state index contributed by atoms with van der Waals surface area (Å²) in [5.41, 5.74) is 1.59. The van der Waals surface area contributed by atoms with Gasteiger partial charge in [0.15, 0.2) is 0 Å². The second kappa shape index (κ2) is 5.09. The SMILES string of the molecule is Cc1cnc([C@@H]2CN(C(=O)c3cnn(C)c3)CCO2)[nH]1. The third-order valence-electron chi connectivity index (χ3n) is 3.33. The topological polar surface area (TPSA) is 76.0 Å². The zero-order valence-corrected chi connectivity index (χ0v) is 11.5. The van der Waals surface area contributed by atoms with E-state index in [0.29, 0.717) is 25.3 Å². The average molecular weight is 275 g/mol. The summed E-state index contributed by atoms with van der Waals surface area (Å²) in [6, 6.07) is 0. The van der Waals surface area contributed by atoms with Crippen LogP contribution in [0.5, 0.6) is 0 Å². The normalized spacial score (nSPS) is 19.3. The Balaban J connectivity index is 1.73. The number of morpholine rings is 1. The Bertz CT molecular complexity index is 618. The number of carbonyl (C=O) groups is 1. The van der Waals surface area contributed by atoms with Gasteiger partial charge in [-0.05, 0) is 6.92 Å². The van der Waals surface area contributed by atoms with Crippen LogP contribution in [0.3, 0.4) is 0 Å². The maximum atomic E-state index is 12.4. The van der Waals surface area contributed by atoms with E-state index < -0.39 is 0 Å². The van der Waals surface area contributed by atoms with E-state index >= 15 is 0 Å². The fourth-order valence-corrected chi connectivity index (χ4v) is 2.31. The lowest BCUT2D eigenvalue weighted by Crippen LogP contribution is -2.42. The Morgan fingerprint density at radius 1 is 1.50 bits per heavy atom. The molecular formula is C13H17N5O2. The Morgan fingerprint density at radius 3 is 3.00 bits per heavy atom. The van der Waals surface area contributed by atoms with Crippen LogP contribution in [0.25, 0.3) is 0 Å². The molecule has 106 valence electrons. The van der Waals surface area contributed by atoms with Crippen molar-refractivity contribution in [3.63, 3.8) is 0 Å². The number of nitrogens with zero attached hydrogens (tertiary/aromatic N) is 4. The largest absolute Gasteiger partial charge is 0.367 e. The Kier molecular flexibility index (Phi) is 3.27. The van der Waals surface area contributed by atoms with Crippen molar-refractivity contribution in [2.45, 2.75) is 13.0 Å². The molecule has 0 aliphatic carbocycles. The first-order chi connectivity index (χ1) is 9.63. The number of hydrogen-bond donors (Lipinski definition) is 1. The number of aromatic nitrogens is 4. The van der Waals surface area contributed by atoms with E-state index in [1.54, 1.807) is 35.2 Å². The Hall–Kier alpha value is -2.15. The number of amides is 1. The highest BCUT2D eigenvalue weighted by Crippen LogP contribution is 2.20. The van der Waals surface area contributed by atoms with Crippen LogP contribution in [-0.2, 0) is 11.8 Å². The third kappa shape index (κ3) is 2.44. The summed E-state index contributed by atoms with van der Waals surface area (Å²) in [4.78, 5) is 21.6. The lowest BCUT2D eigenvalue weighted by Gasteiger charge is -2.31. The molecule has 2 aromatic rings. The summed E-state index contributed by atoms with van der Waals surface area (Å²) in [6.07, 6.45) is 4.88. The van der Waals surface area contributed by atoms with E-state index in [0.717, 1.165) is 11.5 Å². The minimum Gasteiger partial charge on any atom is -0.367 e. The van der Waals surface area contributed by atoms with Gasteiger partial charge in [0, 0.05) is 31.7 Å². The van der Waals surface area contributed by atoms with Crippen molar-refractivity contribution in [2.75, 3.05) is 19.7 Å². The van der Waals surface area contributed by atoms with Crippen molar-refractivity contribution in [3.8, 4) is 0 Å². The molecule has 20 heavy (non-hydrogen) atoms. The average Bonchev–Trinajstić information content (AvgIpc) is 3.07. The maximum absolute atomic E-state index is 12.4. The first-order valence-corrected chi connectivity index (χ1v) is 6.54. The highest BCUT2D eigenvalue weighted by molar-refractivity contribution is 5.93. The monoisotopic (exact) mass is 275 g/mol. The van der Waals surface area contributed by atoms with Gasteiger partial charge < -0.3 is 14.6 Å². The number of imidazole rings is 1. The molecular weight excluding hydrogens is 258 g/mol. The van der Waals surface area contributed by atoms with Gasteiger partial charge in [0.05, 0.1) is 24.9 Å². The van der Waals surface area contributed by atoms with Crippen molar-refractivity contribution in [1.82, 2.24) is 24.6 Å². The molecule has 0 saturated carbocycles. The smallest absolute Gasteiger partial charge is 0.257 e. The summed E-state index contributed by atoms with van der Waals surface area (Å²) in [6.45, 7) is 3.54. The summed E-state index contributed by atoms with van der Waals surface area (Å²) >= 11 is 0. The van der Waals surface area contributed by atoms with Gasteiger partial charge in [-0.2, -0.15) is 5.10 Å². The molecule has 7 heteroatoms. The van der Waals surface area contributed by atoms with Gasteiger partial charge in [-0.3, -0.25) is 9.48 Å². The summed E-state index contributed by atoms with van der Waals surface area (Å²) < 4.78 is 7.32. The lowest BCUT2D eigenvalue weighted by molar-refractivity contribution is -0.0264. The molecule has 1 saturated heterocycles. The van der Waals surface area contributed by atoms with Gasteiger partial charge in [0.25, 0.3) is 5.91 Å². The predicted molar refractivity (Wildman–Crippen MR) is 71.1 cm³/mol. The second-order valence-corrected chi connectivity index (χ2v) is 4.96. The number of ether oxygens (including phenoxy) is 1. The summed E-state index contributed by atoms with van der Waals surface area (Å²) in [5.74, 6) is 0.751. The second-order valence-electron chi connectivity index (χ2n) is 4.96. The summed E-state index contributed by atoms with van der Waals surface area (Å²) in [5, 5.41) is 4.03. The number of nitrogens with one attached hydrogen (secondary N) is 1. The van der Waals surface area contributed by atoms with Crippen LogP contribution < -0.4 is 0 Å². The molecule has 3 heterocycles. The van der Waals surface area contributed by atoms with Gasteiger partial charge in [-0.15, -0.1) is 0 Å². The minimum atomic E-state index is -0.196. The van der Waals surface area contributed by atoms with Gasteiger partial charge in [0.2, 0.25) is 0 Å². The number of carbonyl (C=O) groups excluding carboxylic acids is 1. The van der Waals surface area contributed by atoms with Crippen molar-refractivity contribution < 1.29 is 9.53 Å². The van der Waals surface area contributed by atoms with Crippen LogP contribution in [0.4, 0.5) is 0 Å². The van der Waals surface area contributed by atoms with Crippen molar-refractivity contribution >= 4 is 5.91 Å². The maximum Gasteiger partial charge on any atom is 0.257 e. The van der Waals surface area contributed by atoms with E-state index in [-0.39, 0.29) is 12.0 Å². The molecule has 2 aromatic heterocycles. The number of rotatable bonds is 2. The highest BCUT2D eigenvalue weighted by Gasteiger charge is 2.28. The fraction of sp³-hybridized carbons (Fsp3) is 0.462. The van der Waals surface area contributed by atoms with E-state index in [1.165, 1.54) is 0 Å². The van der Waals surface area contributed by atoms with Crippen molar-refractivity contribution in [2.24, 2.45) is 7.05 Å². The first-order valence-electron chi connectivity index (χ1n) is 6.54.